The van der Waals surface area contributed by atoms with Crippen molar-refractivity contribution >= 4 is 35.6 Å². The monoisotopic (exact) mass is 506 g/mol. The van der Waals surface area contributed by atoms with Gasteiger partial charge in [0.2, 0.25) is 0 Å². The van der Waals surface area contributed by atoms with Crippen LogP contribution in [0.5, 0.6) is 11.5 Å². The van der Waals surface area contributed by atoms with Gasteiger partial charge in [-0.15, -0.1) is 24.0 Å². The molecule has 0 bridgehead atoms. The molecule has 2 heterocycles. The fourth-order valence-electron chi connectivity index (χ4n) is 2.92. The lowest BCUT2D eigenvalue weighted by Gasteiger charge is -2.14. The first kappa shape index (κ1) is 20.9. The molecule has 29 heavy (non-hydrogen) atoms. The second-order valence-electron chi connectivity index (χ2n) is 6.30. The number of anilines is 1. The summed E-state index contributed by atoms with van der Waals surface area (Å²) in [6.07, 6.45) is 2.38. The Hall–Kier alpha value is -2.82. The molecule has 8 nitrogen and oxygen atoms in total. The molecule has 3 aromatic rings. The summed E-state index contributed by atoms with van der Waals surface area (Å²) in [5, 5.41) is 13.4. The normalized spacial score (nSPS) is 13.2. The molecule has 2 aromatic carbocycles. The molecular weight excluding hydrogens is 483 g/mol. The Morgan fingerprint density at radius 1 is 1.14 bits per heavy atom. The van der Waals surface area contributed by atoms with E-state index in [1.807, 2.05) is 36.4 Å². The maximum atomic E-state index is 5.74. The lowest BCUT2D eigenvalue weighted by Crippen LogP contribution is -2.30. The van der Waals surface area contributed by atoms with Crippen molar-refractivity contribution in [3.63, 3.8) is 0 Å². The molecule has 0 atom stereocenters. The summed E-state index contributed by atoms with van der Waals surface area (Å²) in [6, 6.07) is 13.9. The molecule has 0 aliphatic carbocycles. The van der Waals surface area contributed by atoms with Crippen LogP contribution in [0.4, 0.5) is 5.69 Å². The number of benzene rings is 2. The van der Waals surface area contributed by atoms with Crippen LogP contribution in [-0.2, 0) is 6.54 Å². The van der Waals surface area contributed by atoms with E-state index in [2.05, 4.69) is 36.9 Å². The number of H-pyrrole nitrogens is 1. The van der Waals surface area contributed by atoms with E-state index >= 15 is 0 Å². The molecule has 0 spiro atoms. The first-order valence-electron chi connectivity index (χ1n) is 9.14. The number of fused-ring (bicyclic) bond motifs is 1. The first-order valence-corrected chi connectivity index (χ1v) is 9.14. The van der Waals surface area contributed by atoms with Gasteiger partial charge in [-0.3, -0.25) is 10.1 Å². The highest BCUT2D eigenvalue weighted by molar-refractivity contribution is 14.0. The van der Waals surface area contributed by atoms with E-state index in [9.17, 15) is 0 Å². The van der Waals surface area contributed by atoms with Crippen LogP contribution in [0.3, 0.4) is 0 Å². The van der Waals surface area contributed by atoms with Gasteiger partial charge in [-0.25, -0.2) is 4.98 Å². The lowest BCUT2D eigenvalue weighted by molar-refractivity contribution is 0.297. The summed E-state index contributed by atoms with van der Waals surface area (Å²) in [6.45, 7) is 1.95. The van der Waals surface area contributed by atoms with Crippen molar-refractivity contribution in [1.29, 1.82) is 0 Å². The van der Waals surface area contributed by atoms with E-state index in [0.29, 0.717) is 25.7 Å². The number of nitrogens with one attached hydrogen (secondary N) is 3. The van der Waals surface area contributed by atoms with Gasteiger partial charge in [-0.2, -0.15) is 5.10 Å². The lowest BCUT2D eigenvalue weighted by atomic mass is 10.1. The number of guanidine groups is 1. The van der Waals surface area contributed by atoms with Gasteiger partial charge in [0.25, 0.3) is 0 Å². The third kappa shape index (κ3) is 5.37. The Morgan fingerprint density at radius 3 is 2.79 bits per heavy atom. The van der Waals surface area contributed by atoms with Gasteiger partial charge in [0, 0.05) is 37.3 Å². The highest BCUT2D eigenvalue weighted by Crippen LogP contribution is 2.32. The fraction of sp³-hybridized carbons (Fsp3) is 0.250. The number of rotatable bonds is 4. The van der Waals surface area contributed by atoms with Gasteiger partial charge in [0.05, 0.1) is 13.2 Å². The van der Waals surface area contributed by atoms with E-state index in [0.717, 1.165) is 40.6 Å². The van der Waals surface area contributed by atoms with Gasteiger partial charge < -0.3 is 20.1 Å². The zero-order chi connectivity index (χ0) is 19.2. The highest BCUT2D eigenvalue weighted by atomic mass is 127. The third-order valence-corrected chi connectivity index (χ3v) is 4.31. The quantitative estimate of drug-likeness (QED) is 0.285. The van der Waals surface area contributed by atoms with Crippen molar-refractivity contribution in [3.8, 4) is 22.9 Å². The van der Waals surface area contributed by atoms with Crippen LogP contribution in [0, 0.1) is 0 Å². The maximum Gasteiger partial charge on any atom is 0.195 e. The van der Waals surface area contributed by atoms with E-state index in [1.165, 1.54) is 6.33 Å². The van der Waals surface area contributed by atoms with Gasteiger partial charge in [0.15, 0.2) is 23.3 Å². The minimum absolute atomic E-state index is 0. The van der Waals surface area contributed by atoms with Gasteiger partial charge in [-0.05, 0) is 23.8 Å². The van der Waals surface area contributed by atoms with Crippen LogP contribution in [0.1, 0.15) is 12.0 Å². The predicted molar refractivity (Wildman–Crippen MR) is 123 cm³/mol. The van der Waals surface area contributed by atoms with E-state index in [-0.39, 0.29) is 24.0 Å². The number of aromatic nitrogens is 3. The molecule has 0 unspecified atom stereocenters. The SMILES string of the molecule is CN=C(NCc1cccc(-c2ncn[nH]2)c1)Nc1ccc2c(c1)OCCCO2.I. The maximum absolute atomic E-state index is 5.74. The molecule has 0 radical (unpaired) electrons. The molecule has 0 amide bonds. The zero-order valence-corrected chi connectivity index (χ0v) is 18.3. The molecule has 9 heteroatoms. The minimum Gasteiger partial charge on any atom is -0.490 e. The molecule has 4 rings (SSSR count). The van der Waals surface area contributed by atoms with E-state index < -0.39 is 0 Å². The predicted octanol–water partition coefficient (Wildman–Crippen LogP) is 3.44. The Labute approximate surface area is 186 Å². The van der Waals surface area contributed by atoms with Crippen molar-refractivity contribution in [3.05, 3.63) is 54.4 Å². The number of hydrogen-bond acceptors (Lipinski definition) is 5. The van der Waals surface area contributed by atoms with Crippen molar-refractivity contribution in [2.24, 2.45) is 4.99 Å². The number of halogens is 1. The summed E-state index contributed by atoms with van der Waals surface area (Å²) < 4.78 is 11.4. The molecule has 0 fully saturated rings. The van der Waals surface area contributed by atoms with Crippen molar-refractivity contribution < 1.29 is 9.47 Å². The third-order valence-electron chi connectivity index (χ3n) is 4.31. The number of hydrogen-bond donors (Lipinski definition) is 3. The standard InChI is InChI=1S/C20H22N6O2.HI/c1-21-20(25-16-6-7-17-18(11-16)28-9-3-8-27-17)22-12-14-4-2-5-15(10-14)19-23-13-24-26-19;/h2,4-7,10-11,13H,3,8-9,12H2,1H3,(H2,21,22,25)(H,23,24,26);1H. The summed E-state index contributed by atoms with van der Waals surface area (Å²) in [5.41, 5.74) is 2.98. The summed E-state index contributed by atoms with van der Waals surface area (Å²) in [7, 11) is 1.74. The van der Waals surface area contributed by atoms with Gasteiger partial charge >= 0.3 is 0 Å². The molecule has 0 saturated carbocycles. The molecule has 1 aliphatic rings. The Balaban J connectivity index is 0.00000240. The molecule has 3 N–H and O–H groups in total. The van der Waals surface area contributed by atoms with Crippen molar-refractivity contribution in [1.82, 2.24) is 20.5 Å². The van der Waals surface area contributed by atoms with Crippen molar-refractivity contribution in [2.45, 2.75) is 13.0 Å². The summed E-state index contributed by atoms with van der Waals surface area (Å²) in [5.74, 6) is 2.93. The van der Waals surface area contributed by atoms with Crippen LogP contribution in [-0.4, -0.2) is 41.4 Å². The van der Waals surface area contributed by atoms with Crippen LogP contribution in [0.25, 0.3) is 11.4 Å². The molecule has 0 saturated heterocycles. The summed E-state index contributed by atoms with van der Waals surface area (Å²) in [4.78, 5) is 8.49. The Morgan fingerprint density at radius 2 is 2.00 bits per heavy atom. The van der Waals surface area contributed by atoms with Crippen LogP contribution in [0.15, 0.2) is 53.8 Å². The molecular formula is C20H23IN6O2. The van der Waals surface area contributed by atoms with Crippen molar-refractivity contribution in [2.75, 3.05) is 25.6 Å². The second-order valence-corrected chi connectivity index (χ2v) is 6.30. The van der Waals surface area contributed by atoms with Crippen LogP contribution in [0.2, 0.25) is 0 Å². The van der Waals surface area contributed by atoms with E-state index in [1.54, 1.807) is 7.05 Å². The molecule has 1 aromatic heterocycles. The number of nitrogens with zero attached hydrogens (tertiary/aromatic N) is 3. The topological polar surface area (TPSA) is 96.5 Å². The molecule has 152 valence electrons. The number of aliphatic imine (C=N–C) groups is 1. The Bertz CT molecular complexity index is 961. The van der Waals surface area contributed by atoms with Gasteiger partial charge in [-0.1, -0.05) is 18.2 Å². The van der Waals surface area contributed by atoms with Crippen LogP contribution < -0.4 is 20.1 Å². The minimum atomic E-state index is 0. The van der Waals surface area contributed by atoms with E-state index in [4.69, 9.17) is 9.47 Å². The Kier molecular flexibility index (Phi) is 7.28. The van der Waals surface area contributed by atoms with Crippen LogP contribution >= 0.6 is 24.0 Å². The average molecular weight is 506 g/mol. The smallest absolute Gasteiger partial charge is 0.195 e. The summed E-state index contributed by atoms with van der Waals surface area (Å²) >= 11 is 0. The number of ether oxygens (including phenoxy) is 2. The highest BCUT2D eigenvalue weighted by Gasteiger charge is 2.11. The number of aromatic amines is 1. The first-order chi connectivity index (χ1) is 13.8. The average Bonchev–Trinajstić information content (AvgIpc) is 3.17. The fourth-order valence-corrected chi connectivity index (χ4v) is 2.92. The molecule has 1 aliphatic heterocycles. The van der Waals surface area contributed by atoms with Gasteiger partial charge in [0.1, 0.15) is 6.33 Å². The second kappa shape index (κ2) is 10.1. The zero-order valence-electron chi connectivity index (χ0n) is 16.0. The largest absolute Gasteiger partial charge is 0.490 e.